The fourth-order valence-electron chi connectivity index (χ4n) is 2.88. The second-order valence-electron chi connectivity index (χ2n) is 5.56. The average Bonchev–Trinajstić information content (AvgIpc) is 2.99. The van der Waals surface area contributed by atoms with Crippen LogP contribution in [0.4, 0.5) is 0 Å². The van der Waals surface area contributed by atoms with Crippen LogP contribution in [0.3, 0.4) is 0 Å². The summed E-state index contributed by atoms with van der Waals surface area (Å²) < 4.78 is 5.50. The Labute approximate surface area is 120 Å². The highest BCUT2D eigenvalue weighted by atomic mass is 16.5. The van der Waals surface area contributed by atoms with Crippen molar-refractivity contribution in [3.63, 3.8) is 0 Å². The molecule has 0 unspecified atom stereocenters. The summed E-state index contributed by atoms with van der Waals surface area (Å²) in [6, 6.07) is 0. The predicted molar refractivity (Wildman–Crippen MR) is 75.2 cm³/mol. The normalized spacial score (nSPS) is 26.6. The fraction of sp³-hybridized carbons (Fsp3) is 0.857. The zero-order chi connectivity index (χ0) is 14.4. The molecule has 0 bridgehead atoms. The fourth-order valence-corrected chi connectivity index (χ4v) is 2.88. The number of rotatable bonds is 5. The summed E-state index contributed by atoms with van der Waals surface area (Å²) in [6.45, 7) is 3.20. The van der Waals surface area contributed by atoms with Crippen molar-refractivity contribution < 1.29 is 14.3 Å². The summed E-state index contributed by atoms with van der Waals surface area (Å²) in [5.74, 6) is 0.0577. The molecule has 6 nitrogen and oxygen atoms in total. The van der Waals surface area contributed by atoms with Crippen molar-refractivity contribution in [2.24, 2.45) is 5.92 Å². The van der Waals surface area contributed by atoms with Crippen LogP contribution in [0.2, 0.25) is 0 Å². The van der Waals surface area contributed by atoms with E-state index in [0.717, 1.165) is 45.4 Å². The maximum absolute atomic E-state index is 12.1. The van der Waals surface area contributed by atoms with Crippen LogP contribution < -0.4 is 10.6 Å². The van der Waals surface area contributed by atoms with Crippen LogP contribution in [0.15, 0.2) is 0 Å². The Kier molecular flexibility index (Phi) is 5.79. The first kappa shape index (κ1) is 15.3. The lowest BCUT2D eigenvalue weighted by Crippen LogP contribution is -2.47. The smallest absolute Gasteiger partial charge is 0.236 e. The lowest BCUT2D eigenvalue weighted by Gasteiger charge is -2.32. The molecule has 0 aromatic rings. The minimum atomic E-state index is -0.0594. The van der Waals surface area contributed by atoms with Crippen molar-refractivity contribution in [1.29, 1.82) is 0 Å². The molecule has 2 amide bonds. The highest BCUT2D eigenvalue weighted by molar-refractivity contribution is 5.81. The Balaban J connectivity index is 1.69. The average molecular weight is 283 g/mol. The molecule has 0 radical (unpaired) electrons. The Morgan fingerprint density at radius 2 is 2.15 bits per heavy atom. The van der Waals surface area contributed by atoms with Crippen LogP contribution >= 0.6 is 0 Å². The van der Waals surface area contributed by atoms with Crippen molar-refractivity contribution in [3.8, 4) is 0 Å². The van der Waals surface area contributed by atoms with Gasteiger partial charge in [-0.2, -0.15) is 0 Å². The minimum Gasteiger partial charge on any atom is -0.377 e. The summed E-state index contributed by atoms with van der Waals surface area (Å²) in [6.07, 6.45) is 4.20. The van der Waals surface area contributed by atoms with E-state index in [4.69, 9.17) is 4.74 Å². The summed E-state index contributed by atoms with van der Waals surface area (Å²) in [5.41, 5.74) is 0. The second-order valence-corrected chi connectivity index (χ2v) is 5.56. The molecule has 0 spiro atoms. The molecule has 114 valence electrons. The number of carbonyl (C=O) groups is 2. The van der Waals surface area contributed by atoms with Crippen molar-refractivity contribution >= 4 is 11.8 Å². The third-order valence-electron chi connectivity index (χ3n) is 4.06. The van der Waals surface area contributed by atoms with Gasteiger partial charge in [0, 0.05) is 33.3 Å². The van der Waals surface area contributed by atoms with Gasteiger partial charge in [0.25, 0.3) is 0 Å². The highest BCUT2D eigenvalue weighted by Gasteiger charge is 2.27. The highest BCUT2D eigenvalue weighted by Crippen LogP contribution is 2.16. The van der Waals surface area contributed by atoms with E-state index in [1.807, 2.05) is 0 Å². The maximum atomic E-state index is 12.1. The number of carbonyl (C=O) groups excluding carboxylic acids is 2. The van der Waals surface area contributed by atoms with E-state index >= 15 is 0 Å². The first-order valence-corrected chi connectivity index (χ1v) is 7.52. The van der Waals surface area contributed by atoms with E-state index in [0.29, 0.717) is 13.1 Å². The van der Waals surface area contributed by atoms with Gasteiger partial charge in [-0.3, -0.25) is 9.59 Å². The largest absolute Gasteiger partial charge is 0.377 e. The molecule has 2 fully saturated rings. The summed E-state index contributed by atoms with van der Waals surface area (Å²) in [5, 5.41) is 5.83. The third-order valence-corrected chi connectivity index (χ3v) is 4.06. The molecule has 2 atom stereocenters. The molecule has 2 rings (SSSR count). The molecule has 2 heterocycles. The third kappa shape index (κ3) is 4.18. The van der Waals surface area contributed by atoms with Crippen LogP contribution in [-0.4, -0.2) is 62.7 Å². The number of nitrogens with one attached hydrogen (secondary N) is 2. The number of amides is 2. The van der Waals surface area contributed by atoms with Gasteiger partial charge in [-0.1, -0.05) is 0 Å². The molecular formula is C14H25N3O3. The van der Waals surface area contributed by atoms with Crippen LogP contribution in [0.1, 0.15) is 25.7 Å². The van der Waals surface area contributed by atoms with Crippen molar-refractivity contribution in [2.45, 2.75) is 31.8 Å². The Morgan fingerprint density at radius 1 is 1.30 bits per heavy atom. The van der Waals surface area contributed by atoms with Gasteiger partial charge in [0.15, 0.2) is 0 Å². The van der Waals surface area contributed by atoms with E-state index in [-0.39, 0.29) is 23.8 Å². The number of hydrogen-bond acceptors (Lipinski definition) is 4. The molecule has 2 saturated heterocycles. The molecule has 2 aliphatic rings. The van der Waals surface area contributed by atoms with Crippen LogP contribution in [0.5, 0.6) is 0 Å². The van der Waals surface area contributed by atoms with Gasteiger partial charge in [-0.05, 0) is 25.7 Å². The zero-order valence-corrected chi connectivity index (χ0v) is 12.2. The van der Waals surface area contributed by atoms with E-state index in [1.54, 1.807) is 11.9 Å². The number of hydrogen-bond donors (Lipinski definition) is 2. The van der Waals surface area contributed by atoms with Crippen LogP contribution in [0, 0.1) is 5.92 Å². The Morgan fingerprint density at radius 3 is 2.85 bits per heavy atom. The van der Waals surface area contributed by atoms with E-state index < -0.39 is 0 Å². The Hall–Kier alpha value is -1.14. The first-order valence-electron chi connectivity index (χ1n) is 7.52. The molecule has 20 heavy (non-hydrogen) atoms. The van der Waals surface area contributed by atoms with Gasteiger partial charge < -0.3 is 20.3 Å². The van der Waals surface area contributed by atoms with Crippen LogP contribution in [0.25, 0.3) is 0 Å². The maximum Gasteiger partial charge on any atom is 0.236 e. The lowest BCUT2D eigenvalue weighted by atomic mass is 9.97. The summed E-state index contributed by atoms with van der Waals surface area (Å²) in [7, 11) is 1.65. The van der Waals surface area contributed by atoms with Crippen molar-refractivity contribution in [1.82, 2.24) is 15.5 Å². The Bertz CT molecular complexity index is 343. The molecule has 2 aliphatic heterocycles. The minimum absolute atomic E-state index is 0.0369. The van der Waals surface area contributed by atoms with Crippen molar-refractivity contribution in [3.05, 3.63) is 0 Å². The van der Waals surface area contributed by atoms with Gasteiger partial charge in [0.1, 0.15) is 0 Å². The molecule has 0 aromatic heterocycles. The van der Waals surface area contributed by atoms with E-state index in [9.17, 15) is 9.59 Å². The number of ether oxygens (including phenoxy) is 1. The van der Waals surface area contributed by atoms with Crippen molar-refractivity contribution in [2.75, 3.05) is 39.8 Å². The first-order chi connectivity index (χ1) is 9.70. The van der Waals surface area contributed by atoms with Gasteiger partial charge in [0.05, 0.1) is 18.6 Å². The predicted octanol–water partition coefficient (Wildman–Crippen LogP) is -0.260. The van der Waals surface area contributed by atoms with Gasteiger partial charge >= 0.3 is 0 Å². The molecule has 6 heteroatoms. The standard InChI is InChI=1S/C14H25N3O3/c1-15-14(19)11-4-2-6-17(10-11)13(18)9-16-8-12-5-3-7-20-12/h11-12,16H,2-10H2,1H3,(H,15,19)/t11-,12+/m1/s1. The monoisotopic (exact) mass is 283 g/mol. The van der Waals surface area contributed by atoms with Crippen LogP contribution in [-0.2, 0) is 14.3 Å². The molecule has 0 saturated carbocycles. The topological polar surface area (TPSA) is 70.7 Å². The second kappa shape index (κ2) is 7.59. The quantitative estimate of drug-likeness (QED) is 0.729. The van der Waals surface area contributed by atoms with E-state index in [1.165, 1.54) is 0 Å². The van der Waals surface area contributed by atoms with E-state index in [2.05, 4.69) is 10.6 Å². The SMILES string of the molecule is CNC(=O)[C@@H]1CCCN(C(=O)CNC[C@@H]2CCCO2)C1. The molecule has 2 N–H and O–H groups in total. The molecule has 0 aliphatic carbocycles. The molecular weight excluding hydrogens is 258 g/mol. The van der Waals surface area contributed by atoms with Gasteiger partial charge in [0.2, 0.25) is 11.8 Å². The summed E-state index contributed by atoms with van der Waals surface area (Å²) >= 11 is 0. The van der Waals surface area contributed by atoms with Gasteiger partial charge in [-0.25, -0.2) is 0 Å². The lowest BCUT2D eigenvalue weighted by molar-refractivity contribution is -0.134. The van der Waals surface area contributed by atoms with Gasteiger partial charge in [-0.15, -0.1) is 0 Å². The molecule has 0 aromatic carbocycles. The number of likely N-dealkylation sites (tertiary alicyclic amines) is 1. The zero-order valence-electron chi connectivity index (χ0n) is 12.2. The number of piperidine rings is 1. The summed E-state index contributed by atoms with van der Waals surface area (Å²) in [4.78, 5) is 25.6. The number of nitrogens with zero attached hydrogens (tertiary/aromatic N) is 1.